The summed E-state index contributed by atoms with van der Waals surface area (Å²) in [6.07, 6.45) is 8.36. The van der Waals surface area contributed by atoms with Gasteiger partial charge in [-0.15, -0.1) is 0 Å². The van der Waals surface area contributed by atoms with Gasteiger partial charge >= 0.3 is 6.09 Å². The van der Waals surface area contributed by atoms with Crippen molar-refractivity contribution in [1.82, 2.24) is 4.90 Å². The summed E-state index contributed by atoms with van der Waals surface area (Å²) in [5.41, 5.74) is 1.36. The Balaban J connectivity index is 2.06. The molecule has 1 atom stereocenters. The molecule has 0 saturated heterocycles. The summed E-state index contributed by atoms with van der Waals surface area (Å²) in [4.78, 5) is 13.3. The summed E-state index contributed by atoms with van der Waals surface area (Å²) in [5.74, 6) is 0. The number of hydrogen-bond donors (Lipinski definition) is 0. The lowest BCUT2D eigenvalue weighted by Crippen LogP contribution is -2.37. The van der Waals surface area contributed by atoms with Crippen molar-refractivity contribution in [2.24, 2.45) is 0 Å². The van der Waals surface area contributed by atoms with E-state index in [-0.39, 0.29) is 12.1 Å². The maximum absolute atomic E-state index is 11.5. The molecule has 0 N–H and O–H groups in total. The molecule has 2 rings (SSSR count). The number of fused-ring (bicyclic) bond motifs is 1. The van der Waals surface area contributed by atoms with Gasteiger partial charge in [-0.1, -0.05) is 18.2 Å². The van der Waals surface area contributed by atoms with Crippen molar-refractivity contribution in [3.05, 3.63) is 23.8 Å². The van der Waals surface area contributed by atoms with Crippen molar-refractivity contribution >= 4 is 6.09 Å². The average Bonchev–Trinajstić information content (AvgIpc) is 2.61. The zero-order chi connectivity index (χ0) is 9.97. The number of amides is 1. The van der Waals surface area contributed by atoms with E-state index in [2.05, 4.69) is 18.2 Å². The number of carbonyl (C=O) groups excluding carboxylic acids is 1. The Bertz CT molecular complexity index is 294. The third-order valence-electron chi connectivity index (χ3n) is 2.69. The van der Waals surface area contributed by atoms with Crippen molar-refractivity contribution < 1.29 is 9.53 Å². The van der Waals surface area contributed by atoms with Gasteiger partial charge in [-0.2, -0.15) is 0 Å². The molecule has 76 valence electrons. The molecule has 1 amide bonds. The van der Waals surface area contributed by atoms with Gasteiger partial charge in [-0.3, -0.25) is 4.90 Å². The maximum atomic E-state index is 11.5. The van der Waals surface area contributed by atoms with Crippen LogP contribution in [0.25, 0.3) is 0 Å². The van der Waals surface area contributed by atoms with Crippen LogP contribution in [-0.2, 0) is 4.74 Å². The molecule has 0 radical (unpaired) electrons. The molecule has 0 fully saturated rings. The summed E-state index contributed by atoms with van der Waals surface area (Å²) in [6, 6.07) is 0.169. The first-order valence-electron chi connectivity index (χ1n) is 5.12. The molecule has 1 aliphatic carbocycles. The Morgan fingerprint density at radius 2 is 2.57 bits per heavy atom. The van der Waals surface area contributed by atoms with Crippen LogP contribution >= 0.6 is 0 Å². The fourth-order valence-corrected chi connectivity index (χ4v) is 2.00. The van der Waals surface area contributed by atoms with Crippen molar-refractivity contribution in [3.63, 3.8) is 0 Å². The highest BCUT2D eigenvalue weighted by atomic mass is 16.6. The number of hydrogen-bond acceptors (Lipinski definition) is 2. The van der Waals surface area contributed by atoms with Crippen LogP contribution < -0.4 is 0 Å². The van der Waals surface area contributed by atoms with Gasteiger partial charge in [0.1, 0.15) is 0 Å². The van der Waals surface area contributed by atoms with E-state index in [9.17, 15) is 4.79 Å². The van der Waals surface area contributed by atoms with E-state index in [4.69, 9.17) is 4.74 Å². The molecule has 2 aliphatic rings. The molecule has 0 spiro atoms. The Hall–Kier alpha value is -1.25. The van der Waals surface area contributed by atoms with Crippen LogP contribution in [0.4, 0.5) is 4.79 Å². The highest BCUT2D eigenvalue weighted by Gasteiger charge is 2.30. The smallest absolute Gasteiger partial charge is 0.410 e. The van der Waals surface area contributed by atoms with Crippen LogP contribution in [0.5, 0.6) is 0 Å². The third-order valence-corrected chi connectivity index (χ3v) is 2.69. The second-order valence-corrected chi connectivity index (χ2v) is 3.54. The average molecular weight is 193 g/mol. The van der Waals surface area contributed by atoms with E-state index in [1.165, 1.54) is 5.57 Å². The molecular formula is C11H15NO2. The van der Waals surface area contributed by atoms with Gasteiger partial charge in [0, 0.05) is 6.54 Å². The second-order valence-electron chi connectivity index (χ2n) is 3.54. The van der Waals surface area contributed by atoms with Crippen LogP contribution in [-0.4, -0.2) is 30.2 Å². The zero-order valence-corrected chi connectivity index (χ0v) is 8.40. The Labute approximate surface area is 84.0 Å². The predicted octanol–water partition coefficient (Wildman–Crippen LogP) is 2.10. The normalized spacial score (nSPS) is 24.5. The standard InChI is InChI=1S/C11H15NO2/c1-2-14-11(13)12-8-7-9-5-3-4-6-10(9)12/h4,6-7,10H,2-3,5,8H2,1H3. The van der Waals surface area contributed by atoms with Gasteiger partial charge in [0.2, 0.25) is 0 Å². The fraction of sp³-hybridized carbons (Fsp3) is 0.545. The lowest BCUT2D eigenvalue weighted by molar-refractivity contribution is 0.110. The summed E-state index contributed by atoms with van der Waals surface area (Å²) in [6.45, 7) is 2.98. The van der Waals surface area contributed by atoms with E-state index in [1.54, 1.807) is 4.90 Å². The number of carbonyl (C=O) groups is 1. The number of nitrogens with zero attached hydrogens (tertiary/aromatic N) is 1. The fourth-order valence-electron chi connectivity index (χ4n) is 2.00. The van der Waals surface area contributed by atoms with Crippen LogP contribution in [0.1, 0.15) is 19.8 Å². The van der Waals surface area contributed by atoms with E-state index in [0.29, 0.717) is 13.2 Å². The van der Waals surface area contributed by atoms with Crippen molar-refractivity contribution in [2.75, 3.05) is 13.2 Å². The lowest BCUT2D eigenvalue weighted by Gasteiger charge is -2.25. The minimum absolute atomic E-state index is 0.169. The van der Waals surface area contributed by atoms with Crippen LogP contribution in [0.2, 0.25) is 0 Å². The maximum Gasteiger partial charge on any atom is 0.410 e. The Morgan fingerprint density at radius 1 is 1.71 bits per heavy atom. The monoisotopic (exact) mass is 193 g/mol. The molecule has 0 aromatic heterocycles. The largest absolute Gasteiger partial charge is 0.450 e. The van der Waals surface area contributed by atoms with E-state index in [1.807, 2.05) is 6.92 Å². The Morgan fingerprint density at radius 3 is 3.36 bits per heavy atom. The SMILES string of the molecule is CCOC(=O)N1CC=C2CCC=CC21. The quantitative estimate of drug-likeness (QED) is 0.597. The number of rotatable bonds is 1. The Kier molecular flexibility index (Phi) is 2.57. The van der Waals surface area contributed by atoms with Gasteiger partial charge in [0.15, 0.2) is 0 Å². The molecule has 3 nitrogen and oxygen atoms in total. The molecule has 0 saturated carbocycles. The molecule has 1 heterocycles. The minimum atomic E-state index is -0.199. The minimum Gasteiger partial charge on any atom is -0.450 e. The number of allylic oxidation sites excluding steroid dienone is 1. The van der Waals surface area contributed by atoms with Gasteiger partial charge in [0.05, 0.1) is 12.6 Å². The summed E-state index contributed by atoms with van der Waals surface area (Å²) in [7, 11) is 0. The van der Waals surface area contributed by atoms with E-state index >= 15 is 0 Å². The lowest BCUT2D eigenvalue weighted by atomic mass is 9.98. The predicted molar refractivity (Wildman–Crippen MR) is 54.0 cm³/mol. The molecule has 3 heteroatoms. The van der Waals surface area contributed by atoms with Gasteiger partial charge < -0.3 is 4.74 Å². The first kappa shape index (κ1) is 9.31. The topological polar surface area (TPSA) is 29.5 Å². The molecule has 14 heavy (non-hydrogen) atoms. The van der Waals surface area contributed by atoms with Crippen molar-refractivity contribution in [3.8, 4) is 0 Å². The number of ether oxygens (including phenoxy) is 1. The third kappa shape index (κ3) is 1.54. The van der Waals surface area contributed by atoms with Crippen molar-refractivity contribution in [1.29, 1.82) is 0 Å². The van der Waals surface area contributed by atoms with Crippen LogP contribution in [0, 0.1) is 0 Å². The zero-order valence-electron chi connectivity index (χ0n) is 8.40. The molecule has 0 bridgehead atoms. The van der Waals surface area contributed by atoms with Gasteiger partial charge in [0.25, 0.3) is 0 Å². The van der Waals surface area contributed by atoms with Gasteiger partial charge in [-0.05, 0) is 25.3 Å². The van der Waals surface area contributed by atoms with E-state index in [0.717, 1.165) is 12.8 Å². The molecule has 1 aliphatic heterocycles. The van der Waals surface area contributed by atoms with Crippen molar-refractivity contribution in [2.45, 2.75) is 25.8 Å². The first-order valence-corrected chi connectivity index (χ1v) is 5.12. The van der Waals surface area contributed by atoms with Gasteiger partial charge in [-0.25, -0.2) is 4.79 Å². The molecule has 1 unspecified atom stereocenters. The second kappa shape index (κ2) is 3.86. The molecule has 0 aromatic carbocycles. The summed E-state index contributed by atoms with van der Waals surface area (Å²) in [5, 5.41) is 0. The van der Waals surface area contributed by atoms with E-state index < -0.39 is 0 Å². The molecular weight excluding hydrogens is 178 g/mol. The summed E-state index contributed by atoms with van der Waals surface area (Å²) < 4.78 is 4.99. The molecule has 0 aromatic rings. The van der Waals surface area contributed by atoms with Crippen LogP contribution in [0.15, 0.2) is 23.8 Å². The first-order chi connectivity index (χ1) is 6.83. The van der Waals surface area contributed by atoms with Crippen LogP contribution in [0.3, 0.4) is 0 Å². The highest BCUT2D eigenvalue weighted by Crippen LogP contribution is 2.27. The highest BCUT2D eigenvalue weighted by molar-refractivity contribution is 5.70. The summed E-state index contributed by atoms with van der Waals surface area (Å²) >= 11 is 0.